The molecule has 162 valence electrons. The van der Waals surface area contributed by atoms with Gasteiger partial charge in [0.2, 0.25) is 5.91 Å². The Kier molecular flexibility index (Phi) is 6.27. The summed E-state index contributed by atoms with van der Waals surface area (Å²) in [5.74, 6) is 1.55. The molecule has 0 spiro atoms. The van der Waals surface area contributed by atoms with Crippen LogP contribution in [0.2, 0.25) is 0 Å². The number of morpholine rings is 1. The Morgan fingerprint density at radius 1 is 1.13 bits per heavy atom. The molecule has 0 N–H and O–H groups in total. The number of hydrogen-bond donors (Lipinski definition) is 0. The highest BCUT2D eigenvalue weighted by molar-refractivity contribution is 5.76. The fraction of sp³-hybridized carbons (Fsp3) is 0.565. The summed E-state index contributed by atoms with van der Waals surface area (Å²) in [7, 11) is 1.66. The molecule has 2 aliphatic rings. The standard InChI is InChI=1S/C23H31N3O4/c1-16-13-25(14-17(2)29-16)23(27)15-26-11-10-20(24-26)18-8-9-21(28-3)22(12-18)30-19-6-4-5-7-19/h8-12,16-17,19H,4-7,13-15H2,1-3H3. The molecule has 2 atom stereocenters. The quantitative estimate of drug-likeness (QED) is 0.725. The second kappa shape index (κ2) is 9.08. The minimum Gasteiger partial charge on any atom is -0.493 e. The van der Waals surface area contributed by atoms with Gasteiger partial charge in [0.05, 0.1) is 31.1 Å². The van der Waals surface area contributed by atoms with Crippen LogP contribution in [-0.2, 0) is 16.1 Å². The molecule has 1 amide bonds. The molecule has 2 fully saturated rings. The third-order valence-electron chi connectivity index (χ3n) is 5.77. The number of ether oxygens (including phenoxy) is 3. The number of rotatable bonds is 6. The van der Waals surface area contributed by atoms with Gasteiger partial charge in [-0.25, -0.2) is 0 Å². The molecule has 7 nitrogen and oxygen atoms in total. The van der Waals surface area contributed by atoms with E-state index in [2.05, 4.69) is 5.10 Å². The molecule has 1 aromatic heterocycles. The highest BCUT2D eigenvalue weighted by Gasteiger charge is 2.26. The summed E-state index contributed by atoms with van der Waals surface area (Å²) >= 11 is 0. The molecule has 2 heterocycles. The lowest BCUT2D eigenvalue weighted by atomic mass is 10.1. The summed E-state index contributed by atoms with van der Waals surface area (Å²) in [5.41, 5.74) is 1.76. The van der Waals surface area contributed by atoms with E-state index >= 15 is 0 Å². The third-order valence-corrected chi connectivity index (χ3v) is 5.77. The van der Waals surface area contributed by atoms with Crippen molar-refractivity contribution in [2.24, 2.45) is 0 Å². The van der Waals surface area contributed by atoms with Gasteiger partial charge in [-0.05, 0) is 63.8 Å². The van der Waals surface area contributed by atoms with Crippen LogP contribution in [0.15, 0.2) is 30.5 Å². The zero-order valence-corrected chi connectivity index (χ0v) is 18.0. The zero-order valence-electron chi connectivity index (χ0n) is 18.0. The Hall–Kier alpha value is -2.54. The number of benzene rings is 1. The summed E-state index contributed by atoms with van der Waals surface area (Å²) in [4.78, 5) is 14.6. The van der Waals surface area contributed by atoms with Crippen LogP contribution in [0.1, 0.15) is 39.5 Å². The van der Waals surface area contributed by atoms with Crippen LogP contribution in [0.25, 0.3) is 11.3 Å². The number of carbonyl (C=O) groups is 1. The predicted octanol–water partition coefficient (Wildman–Crippen LogP) is 3.52. The molecule has 2 aromatic rings. The van der Waals surface area contributed by atoms with Crippen LogP contribution < -0.4 is 9.47 Å². The van der Waals surface area contributed by atoms with Gasteiger partial charge in [0.15, 0.2) is 11.5 Å². The van der Waals surface area contributed by atoms with Gasteiger partial charge in [-0.2, -0.15) is 5.10 Å². The molecule has 30 heavy (non-hydrogen) atoms. The maximum absolute atomic E-state index is 12.7. The lowest BCUT2D eigenvalue weighted by molar-refractivity contribution is -0.144. The van der Waals surface area contributed by atoms with Crippen molar-refractivity contribution in [3.05, 3.63) is 30.5 Å². The monoisotopic (exact) mass is 413 g/mol. The fourth-order valence-corrected chi connectivity index (χ4v) is 4.34. The summed E-state index contributed by atoms with van der Waals surface area (Å²) in [6.07, 6.45) is 6.82. The van der Waals surface area contributed by atoms with Gasteiger partial charge in [-0.3, -0.25) is 9.48 Å². The topological polar surface area (TPSA) is 65.8 Å². The van der Waals surface area contributed by atoms with E-state index in [-0.39, 0.29) is 30.8 Å². The number of methoxy groups -OCH3 is 1. The summed E-state index contributed by atoms with van der Waals surface area (Å²) in [6.45, 7) is 5.46. The first-order valence-electron chi connectivity index (χ1n) is 10.8. The second-order valence-electron chi connectivity index (χ2n) is 8.34. The predicted molar refractivity (Wildman–Crippen MR) is 114 cm³/mol. The van der Waals surface area contributed by atoms with Gasteiger partial charge in [0.1, 0.15) is 6.54 Å². The maximum atomic E-state index is 12.7. The molecule has 1 saturated heterocycles. The van der Waals surface area contributed by atoms with Crippen LogP contribution in [0.5, 0.6) is 11.5 Å². The molecule has 0 bridgehead atoms. The van der Waals surface area contributed by atoms with E-state index in [0.717, 1.165) is 35.6 Å². The Balaban J connectivity index is 1.46. The Labute approximate surface area is 177 Å². The number of amides is 1. The van der Waals surface area contributed by atoms with Gasteiger partial charge >= 0.3 is 0 Å². The summed E-state index contributed by atoms with van der Waals surface area (Å²) in [5, 5.41) is 4.62. The van der Waals surface area contributed by atoms with E-state index in [1.165, 1.54) is 12.8 Å². The molecular formula is C23H31N3O4. The smallest absolute Gasteiger partial charge is 0.244 e. The first kappa shape index (κ1) is 20.7. The van der Waals surface area contributed by atoms with Crippen LogP contribution >= 0.6 is 0 Å². The first-order chi connectivity index (χ1) is 14.5. The molecule has 1 aliphatic carbocycles. The Bertz CT molecular complexity index is 865. The molecule has 1 aromatic carbocycles. The Morgan fingerprint density at radius 2 is 1.87 bits per heavy atom. The van der Waals surface area contributed by atoms with Crippen molar-refractivity contribution in [1.82, 2.24) is 14.7 Å². The lowest BCUT2D eigenvalue weighted by Crippen LogP contribution is -2.49. The zero-order chi connectivity index (χ0) is 21.1. The van der Waals surface area contributed by atoms with E-state index in [1.54, 1.807) is 11.8 Å². The van der Waals surface area contributed by atoms with E-state index in [0.29, 0.717) is 13.1 Å². The van der Waals surface area contributed by atoms with Gasteiger partial charge in [-0.1, -0.05) is 0 Å². The minimum absolute atomic E-state index is 0.0588. The molecular weight excluding hydrogens is 382 g/mol. The average Bonchev–Trinajstić information content (AvgIpc) is 3.39. The second-order valence-corrected chi connectivity index (χ2v) is 8.34. The van der Waals surface area contributed by atoms with Crippen LogP contribution in [0, 0.1) is 0 Å². The number of aromatic nitrogens is 2. The van der Waals surface area contributed by atoms with Crippen molar-refractivity contribution < 1.29 is 19.0 Å². The van der Waals surface area contributed by atoms with Crippen LogP contribution in [-0.4, -0.2) is 59.1 Å². The molecule has 1 aliphatic heterocycles. The van der Waals surface area contributed by atoms with Crippen molar-refractivity contribution in [2.75, 3.05) is 20.2 Å². The largest absolute Gasteiger partial charge is 0.493 e. The van der Waals surface area contributed by atoms with E-state index in [4.69, 9.17) is 14.2 Å². The van der Waals surface area contributed by atoms with E-state index in [9.17, 15) is 4.79 Å². The molecule has 4 rings (SSSR count). The summed E-state index contributed by atoms with van der Waals surface area (Å²) in [6, 6.07) is 7.80. The fourth-order valence-electron chi connectivity index (χ4n) is 4.34. The van der Waals surface area contributed by atoms with Crippen molar-refractivity contribution >= 4 is 5.91 Å². The first-order valence-corrected chi connectivity index (χ1v) is 10.8. The molecule has 7 heteroatoms. The van der Waals surface area contributed by atoms with E-state index < -0.39 is 0 Å². The molecule has 1 saturated carbocycles. The number of hydrogen-bond acceptors (Lipinski definition) is 5. The van der Waals surface area contributed by atoms with Crippen LogP contribution in [0.4, 0.5) is 0 Å². The van der Waals surface area contributed by atoms with Crippen molar-refractivity contribution in [1.29, 1.82) is 0 Å². The normalized spacial score (nSPS) is 22.3. The summed E-state index contributed by atoms with van der Waals surface area (Å²) < 4.78 is 19.1. The maximum Gasteiger partial charge on any atom is 0.244 e. The SMILES string of the molecule is COc1ccc(-c2ccn(CC(=O)N3CC(C)OC(C)C3)n2)cc1OC1CCCC1. The van der Waals surface area contributed by atoms with Crippen molar-refractivity contribution in [3.8, 4) is 22.8 Å². The molecule has 0 radical (unpaired) electrons. The lowest BCUT2D eigenvalue weighted by Gasteiger charge is -2.35. The van der Waals surface area contributed by atoms with Crippen molar-refractivity contribution in [3.63, 3.8) is 0 Å². The highest BCUT2D eigenvalue weighted by Crippen LogP contribution is 2.35. The third kappa shape index (κ3) is 4.78. The van der Waals surface area contributed by atoms with Crippen molar-refractivity contribution in [2.45, 2.75) is 64.4 Å². The number of carbonyl (C=O) groups excluding carboxylic acids is 1. The highest BCUT2D eigenvalue weighted by atomic mass is 16.5. The Morgan fingerprint density at radius 3 is 2.57 bits per heavy atom. The van der Waals surface area contributed by atoms with E-state index in [1.807, 2.05) is 49.2 Å². The molecule has 2 unspecified atom stereocenters. The van der Waals surface area contributed by atoms with Crippen LogP contribution in [0.3, 0.4) is 0 Å². The minimum atomic E-state index is 0.0588. The average molecular weight is 414 g/mol. The van der Waals surface area contributed by atoms with Gasteiger partial charge in [-0.15, -0.1) is 0 Å². The number of nitrogens with zero attached hydrogens (tertiary/aromatic N) is 3. The van der Waals surface area contributed by atoms with Gasteiger partial charge < -0.3 is 19.1 Å². The van der Waals surface area contributed by atoms with Gasteiger partial charge in [0.25, 0.3) is 0 Å². The van der Waals surface area contributed by atoms with Gasteiger partial charge in [0, 0.05) is 24.8 Å².